The van der Waals surface area contributed by atoms with Gasteiger partial charge in [0.2, 0.25) is 11.8 Å². The molecule has 0 aromatic heterocycles. The van der Waals surface area contributed by atoms with Crippen LogP contribution in [-0.2, 0) is 24.0 Å². The minimum atomic E-state index is -1.22. The van der Waals surface area contributed by atoms with Crippen LogP contribution in [0.5, 0.6) is 11.5 Å². The standard InChI is InChI=1S/C27H28N4O9S/c1-13(32)39-17-11-10-16(12-18(17)40-14(2)33)28-26(38)30-19(15-8-6-5-7-9-15)22(34)29-20-23(35)31-21(25(36)37)27(3,4)41-24(20)31/h5-12,19-21,24H,1-4H3,(H,29,34)(H,36,37)(H2,28,30,38)/t19?,20-,21+,24-/m1/s1. The molecule has 0 radical (unpaired) electrons. The highest BCUT2D eigenvalue weighted by atomic mass is 32.2. The molecule has 0 aliphatic carbocycles. The summed E-state index contributed by atoms with van der Waals surface area (Å²) in [5, 5.41) is 16.9. The average molecular weight is 585 g/mol. The quantitative estimate of drug-likeness (QED) is 0.204. The number of anilines is 1. The van der Waals surface area contributed by atoms with Gasteiger partial charge in [-0.1, -0.05) is 30.3 Å². The van der Waals surface area contributed by atoms with Crippen LogP contribution in [-0.4, -0.2) is 68.0 Å². The van der Waals surface area contributed by atoms with E-state index in [2.05, 4.69) is 16.0 Å². The molecule has 4 rings (SSSR count). The molecule has 2 aromatic carbocycles. The van der Waals surface area contributed by atoms with Gasteiger partial charge in [0.1, 0.15) is 23.5 Å². The summed E-state index contributed by atoms with van der Waals surface area (Å²) >= 11 is 1.28. The molecule has 2 saturated heterocycles. The molecule has 4 amide bonds. The zero-order chi connectivity index (χ0) is 30.1. The topological polar surface area (TPSA) is 180 Å². The maximum atomic E-state index is 13.4. The van der Waals surface area contributed by atoms with Crippen molar-refractivity contribution in [2.24, 2.45) is 0 Å². The van der Waals surface area contributed by atoms with E-state index >= 15 is 0 Å². The van der Waals surface area contributed by atoms with Gasteiger partial charge in [-0.05, 0) is 31.5 Å². The highest BCUT2D eigenvalue weighted by molar-refractivity contribution is 8.01. The summed E-state index contributed by atoms with van der Waals surface area (Å²) in [6.45, 7) is 5.79. The van der Waals surface area contributed by atoms with Crippen molar-refractivity contribution >= 4 is 53.2 Å². The molecule has 216 valence electrons. The van der Waals surface area contributed by atoms with Gasteiger partial charge in [-0.15, -0.1) is 11.8 Å². The Morgan fingerprint density at radius 3 is 2.22 bits per heavy atom. The number of carboxylic acid groups (broad SMARTS) is 1. The van der Waals surface area contributed by atoms with Crippen molar-refractivity contribution in [2.75, 3.05) is 5.32 Å². The van der Waals surface area contributed by atoms with Crippen LogP contribution in [0.1, 0.15) is 39.3 Å². The molecule has 0 spiro atoms. The number of hydrogen-bond acceptors (Lipinski definition) is 9. The first kappa shape index (κ1) is 29.4. The van der Waals surface area contributed by atoms with Gasteiger partial charge < -0.3 is 35.4 Å². The second-order valence-corrected chi connectivity index (χ2v) is 11.6. The number of hydrogen-bond donors (Lipinski definition) is 4. The largest absolute Gasteiger partial charge is 0.480 e. The Hall–Kier alpha value is -4.59. The molecule has 2 aromatic rings. The summed E-state index contributed by atoms with van der Waals surface area (Å²) in [6.07, 6.45) is 0. The van der Waals surface area contributed by atoms with Gasteiger partial charge in [0.15, 0.2) is 11.5 Å². The third-order valence-corrected chi connectivity index (χ3v) is 7.92. The van der Waals surface area contributed by atoms with Crippen LogP contribution in [0.2, 0.25) is 0 Å². The smallest absolute Gasteiger partial charge is 0.327 e. The highest BCUT2D eigenvalue weighted by Crippen LogP contribution is 2.50. The number of thioether (sulfide) groups is 1. The Labute approximate surface area is 238 Å². The van der Waals surface area contributed by atoms with E-state index in [4.69, 9.17) is 9.47 Å². The van der Waals surface area contributed by atoms with Crippen molar-refractivity contribution in [1.82, 2.24) is 15.5 Å². The summed E-state index contributed by atoms with van der Waals surface area (Å²) in [7, 11) is 0. The monoisotopic (exact) mass is 584 g/mol. The number of carbonyl (C=O) groups excluding carboxylic acids is 5. The van der Waals surface area contributed by atoms with Crippen molar-refractivity contribution in [1.29, 1.82) is 0 Å². The lowest BCUT2D eigenvalue weighted by Gasteiger charge is -2.44. The third-order valence-electron chi connectivity index (χ3n) is 6.35. The summed E-state index contributed by atoms with van der Waals surface area (Å²) < 4.78 is 9.33. The molecule has 2 aliphatic rings. The number of fused-ring (bicyclic) bond motifs is 1. The van der Waals surface area contributed by atoms with E-state index in [1.165, 1.54) is 41.8 Å². The fourth-order valence-electron chi connectivity index (χ4n) is 4.69. The summed E-state index contributed by atoms with van der Waals surface area (Å²) in [4.78, 5) is 75.2. The predicted molar refractivity (Wildman–Crippen MR) is 146 cm³/mol. The number of amides is 4. The van der Waals surface area contributed by atoms with Crippen molar-refractivity contribution in [3.05, 3.63) is 54.1 Å². The van der Waals surface area contributed by atoms with Crippen molar-refractivity contribution in [3.63, 3.8) is 0 Å². The molecular weight excluding hydrogens is 556 g/mol. The van der Waals surface area contributed by atoms with Crippen LogP contribution in [0.15, 0.2) is 48.5 Å². The van der Waals surface area contributed by atoms with E-state index in [9.17, 15) is 33.9 Å². The molecule has 0 bridgehead atoms. The SMILES string of the molecule is CC(=O)Oc1ccc(NC(=O)NC(C(=O)N[C@@H]2C(=O)N3[C@@H]2SC(C)(C)[C@@H]3C(=O)O)c2ccccc2)cc1OC(C)=O. The molecule has 0 saturated carbocycles. The van der Waals surface area contributed by atoms with E-state index in [1.807, 2.05) is 0 Å². The van der Waals surface area contributed by atoms with Crippen molar-refractivity contribution in [3.8, 4) is 11.5 Å². The van der Waals surface area contributed by atoms with Crippen LogP contribution in [0.4, 0.5) is 10.5 Å². The van der Waals surface area contributed by atoms with Gasteiger partial charge in [-0.3, -0.25) is 19.2 Å². The van der Waals surface area contributed by atoms with Gasteiger partial charge in [0, 0.05) is 30.3 Å². The average Bonchev–Trinajstić information content (AvgIpc) is 3.15. The number of carbonyl (C=O) groups is 6. The lowest BCUT2D eigenvalue weighted by Crippen LogP contribution is -2.71. The van der Waals surface area contributed by atoms with Gasteiger partial charge in [0.25, 0.3) is 0 Å². The van der Waals surface area contributed by atoms with E-state index in [-0.39, 0.29) is 17.2 Å². The van der Waals surface area contributed by atoms with Gasteiger partial charge in [-0.25, -0.2) is 9.59 Å². The van der Waals surface area contributed by atoms with Gasteiger partial charge in [-0.2, -0.15) is 0 Å². The van der Waals surface area contributed by atoms with Gasteiger partial charge >= 0.3 is 23.9 Å². The first-order valence-corrected chi connectivity index (χ1v) is 13.3. The third kappa shape index (κ3) is 6.27. The number of carboxylic acids is 1. The number of nitrogens with one attached hydrogen (secondary N) is 3. The van der Waals surface area contributed by atoms with Crippen LogP contribution in [0, 0.1) is 0 Å². The second kappa shape index (κ2) is 11.5. The highest BCUT2D eigenvalue weighted by Gasteiger charge is 2.64. The summed E-state index contributed by atoms with van der Waals surface area (Å²) in [5.74, 6) is -3.77. The van der Waals surface area contributed by atoms with E-state index in [0.717, 1.165) is 6.92 Å². The molecule has 2 fully saturated rings. The van der Waals surface area contributed by atoms with E-state index < -0.39 is 64.0 Å². The Kier molecular flexibility index (Phi) is 8.24. The first-order chi connectivity index (χ1) is 19.3. The fraction of sp³-hybridized carbons (Fsp3) is 0.333. The molecular formula is C27H28N4O9S. The van der Waals surface area contributed by atoms with Crippen LogP contribution < -0.4 is 25.4 Å². The minimum absolute atomic E-state index is 0.0301. The Morgan fingerprint density at radius 1 is 0.976 bits per heavy atom. The van der Waals surface area contributed by atoms with E-state index in [0.29, 0.717) is 5.56 Å². The number of benzene rings is 2. The minimum Gasteiger partial charge on any atom is -0.480 e. The number of nitrogens with zero attached hydrogens (tertiary/aromatic N) is 1. The number of ether oxygens (including phenoxy) is 2. The number of aliphatic carboxylic acids is 1. The van der Waals surface area contributed by atoms with Crippen molar-refractivity contribution < 1.29 is 43.3 Å². The number of rotatable bonds is 8. The second-order valence-electron chi connectivity index (χ2n) is 9.88. The predicted octanol–water partition coefficient (Wildman–Crippen LogP) is 2.03. The fourth-order valence-corrected chi connectivity index (χ4v) is 6.31. The zero-order valence-electron chi connectivity index (χ0n) is 22.5. The number of urea groups is 1. The van der Waals surface area contributed by atoms with Crippen LogP contribution in [0.3, 0.4) is 0 Å². The molecule has 4 N–H and O–H groups in total. The first-order valence-electron chi connectivity index (χ1n) is 12.4. The molecule has 2 heterocycles. The molecule has 2 aliphatic heterocycles. The summed E-state index contributed by atoms with van der Waals surface area (Å²) in [6, 6.07) is 8.33. The van der Waals surface area contributed by atoms with Crippen LogP contribution in [0.25, 0.3) is 0 Å². The maximum absolute atomic E-state index is 13.4. The number of β-lactam (4-membered cyclic amide) rings is 1. The van der Waals surface area contributed by atoms with E-state index in [1.54, 1.807) is 44.2 Å². The molecule has 1 unspecified atom stereocenters. The number of esters is 2. The van der Waals surface area contributed by atoms with Crippen LogP contribution >= 0.6 is 11.8 Å². The Bertz CT molecular complexity index is 1410. The Morgan fingerprint density at radius 2 is 1.61 bits per heavy atom. The molecule has 41 heavy (non-hydrogen) atoms. The normalized spacial score (nSPS) is 21.0. The molecule has 13 nitrogen and oxygen atoms in total. The molecule has 4 atom stereocenters. The zero-order valence-corrected chi connectivity index (χ0v) is 23.3. The summed E-state index contributed by atoms with van der Waals surface area (Å²) in [5.41, 5.74) is 0.591. The Balaban J connectivity index is 1.50. The lowest BCUT2D eigenvalue weighted by atomic mass is 9.95. The van der Waals surface area contributed by atoms with Gasteiger partial charge in [0.05, 0.1) is 0 Å². The lowest BCUT2D eigenvalue weighted by molar-refractivity contribution is -0.161. The molecule has 14 heteroatoms. The maximum Gasteiger partial charge on any atom is 0.327 e. The van der Waals surface area contributed by atoms with Crippen molar-refractivity contribution in [2.45, 2.75) is 55.9 Å².